The largest absolute Gasteiger partial charge is 0.382 e. The first-order valence-corrected chi connectivity index (χ1v) is 9.09. The van der Waals surface area contributed by atoms with Crippen molar-refractivity contribution in [3.8, 4) is 0 Å². The van der Waals surface area contributed by atoms with Crippen molar-refractivity contribution in [1.29, 1.82) is 0 Å². The third kappa shape index (κ3) is 2.99. The van der Waals surface area contributed by atoms with Crippen LogP contribution in [0.1, 0.15) is 44.1 Å². The van der Waals surface area contributed by atoms with Gasteiger partial charge in [0.1, 0.15) is 0 Å². The van der Waals surface area contributed by atoms with E-state index in [1.807, 2.05) is 12.3 Å². The van der Waals surface area contributed by atoms with Crippen LogP contribution in [0, 0.1) is 6.92 Å². The van der Waals surface area contributed by atoms with E-state index in [1.54, 1.807) is 0 Å². The van der Waals surface area contributed by atoms with Crippen molar-refractivity contribution in [2.45, 2.75) is 57.5 Å². The minimum atomic E-state index is 0.0111. The number of pyridine rings is 1. The van der Waals surface area contributed by atoms with Crippen molar-refractivity contribution in [2.75, 3.05) is 5.32 Å². The Balaban J connectivity index is 1.45. The zero-order chi connectivity index (χ0) is 17.4. The van der Waals surface area contributed by atoms with Gasteiger partial charge in [0.25, 0.3) is 0 Å². The first-order chi connectivity index (χ1) is 12.1. The van der Waals surface area contributed by atoms with Gasteiger partial charge in [-0.25, -0.2) is 0 Å². The molecule has 2 fully saturated rings. The van der Waals surface area contributed by atoms with Crippen molar-refractivity contribution in [1.82, 2.24) is 9.88 Å². The molecule has 0 radical (unpaired) electrons. The Bertz CT molecular complexity index is 809. The molecule has 0 spiro atoms. The molecule has 5 nitrogen and oxygen atoms in total. The number of nitrogens with zero attached hydrogens (tertiary/aromatic N) is 2. The summed E-state index contributed by atoms with van der Waals surface area (Å²) < 4.78 is 0. The molecule has 2 heterocycles. The fourth-order valence-corrected chi connectivity index (χ4v) is 4.15. The molecule has 2 aliphatic rings. The number of fused-ring (bicyclic) bond motifs is 1. The van der Waals surface area contributed by atoms with Crippen LogP contribution in [0.4, 0.5) is 5.69 Å². The Morgan fingerprint density at radius 1 is 1.04 bits per heavy atom. The van der Waals surface area contributed by atoms with E-state index < -0.39 is 0 Å². The lowest BCUT2D eigenvalue weighted by Gasteiger charge is -2.34. The van der Waals surface area contributed by atoms with E-state index in [-0.39, 0.29) is 17.9 Å². The van der Waals surface area contributed by atoms with Crippen LogP contribution in [-0.2, 0) is 9.59 Å². The second kappa shape index (κ2) is 6.47. The predicted octanol–water partition coefficient (Wildman–Crippen LogP) is 3.42. The molecular weight excluding hydrogens is 314 g/mol. The van der Waals surface area contributed by atoms with Gasteiger partial charge in [-0.2, -0.15) is 0 Å². The van der Waals surface area contributed by atoms with E-state index >= 15 is 0 Å². The summed E-state index contributed by atoms with van der Waals surface area (Å²) >= 11 is 0. The maximum Gasteiger partial charge on any atom is 0.229 e. The van der Waals surface area contributed by atoms with E-state index in [2.05, 4.69) is 35.4 Å². The van der Waals surface area contributed by atoms with Gasteiger partial charge in [0.15, 0.2) is 0 Å². The number of para-hydroxylation sites is 1. The smallest absolute Gasteiger partial charge is 0.229 e. The SMILES string of the molecule is Cc1cccc2c(NC3CCC(N4C(=O)CCC4=O)CC3)ccnc12. The fraction of sp³-hybridized carbons (Fsp3) is 0.450. The van der Waals surface area contributed by atoms with Crippen molar-refractivity contribution in [3.05, 3.63) is 36.0 Å². The van der Waals surface area contributed by atoms with Crippen molar-refractivity contribution in [2.24, 2.45) is 0 Å². The molecule has 25 heavy (non-hydrogen) atoms. The molecule has 1 saturated heterocycles. The number of aryl methyl sites for hydroxylation is 1. The maximum atomic E-state index is 11.9. The second-order valence-corrected chi connectivity index (χ2v) is 7.14. The fourth-order valence-electron chi connectivity index (χ4n) is 4.15. The Hall–Kier alpha value is -2.43. The van der Waals surface area contributed by atoms with E-state index in [0.29, 0.717) is 18.9 Å². The first-order valence-electron chi connectivity index (χ1n) is 9.09. The Morgan fingerprint density at radius 2 is 1.76 bits per heavy atom. The number of anilines is 1. The number of benzene rings is 1. The minimum absolute atomic E-state index is 0.0111. The van der Waals surface area contributed by atoms with Crippen LogP contribution in [0.3, 0.4) is 0 Å². The average molecular weight is 337 g/mol. The summed E-state index contributed by atoms with van der Waals surface area (Å²) in [7, 11) is 0. The number of carbonyl (C=O) groups is 2. The molecule has 1 saturated carbocycles. The normalized spacial score (nSPS) is 24.1. The highest BCUT2D eigenvalue weighted by atomic mass is 16.2. The van der Waals surface area contributed by atoms with Crippen LogP contribution in [0.2, 0.25) is 0 Å². The topological polar surface area (TPSA) is 62.3 Å². The second-order valence-electron chi connectivity index (χ2n) is 7.14. The molecule has 0 bridgehead atoms. The van der Waals surface area contributed by atoms with Crippen molar-refractivity contribution >= 4 is 28.4 Å². The molecule has 1 aliphatic carbocycles. The molecule has 0 atom stereocenters. The third-order valence-electron chi connectivity index (χ3n) is 5.48. The van der Waals surface area contributed by atoms with Gasteiger partial charge < -0.3 is 5.32 Å². The molecule has 0 unspecified atom stereocenters. The summed E-state index contributed by atoms with van der Waals surface area (Å²) in [6.07, 6.45) is 6.34. The quantitative estimate of drug-likeness (QED) is 0.872. The molecular formula is C20H23N3O2. The Labute approximate surface area is 147 Å². The van der Waals surface area contributed by atoms with E-state index in [9.17, 15) is 9.59 Å². The molecule has 1 aromatic heterocycles. The Morgan fingerprint density at radius 3 is 2.48 bits per heavy atom. The van der Waals surface area contributed by atoms with Crippen LogP contribution < -0.4 is 5.32 Å². The van der Waals surface area contributed by atoms with E-state index in [4.69, 9.17) is 0 Å². The zero-order valence-corrected chi connectivity index (χ0v) is 14.5. The van der Waals surface area contributed by atoms with E-state index in [0.717, 1.165) is 42.3 Å². The van der Waals surface area contributed by atoms with Crippen LogP contribution in [-0.4, -0.2) is 33.8 Å². The Kier molecular flexibility index (Phi) is 4.15. The molecule has 1 N–H and O–H groups in total. The van der Waals surface area contributed by atoms with Crippen molar-refractivity contribution in [3.63, 3.8) is 0 Å². The highest BCUT2D eigenvalue weighted by Crippen LogP contribution is 2.31. The van der Waals surface area contributed by atoms with Crippen LogP contribution in [0.15, 0.2) is 30.5 Å². The summed E-state index contributed by atoms with van der Waals surface area (Å²) in [5.41, 5.74) is 3.33. The number of hydrogen-bond donors (Lipinski definition) is 1. The van der Waals surface area contributed by atoms with Gasteiger partial charge in [0, 0.05) is 42.2 Å². The third-order valence-corrected chi connectivity index (χ3v) is 5.48. The molecule has 1 aromatic carbocycles. The van der Waals surface area contributed by atoms with Crippen LogP contribution >= 0.6 is 0 Å². The lowest BCUT2D eigenvalue weighted by Crippen LogP contribution is -2.43. The van der Waals surface area contributed by atoms with Gasteiger partial charge in [-0.1, -0.05) is 18.2 Å². The standard InChI is InChI=1S/C20H23N3O2/c1-13-3-2-4-16-17(11-12-21-20(13)16)22-14-5-7-15(8-6-14)23-18(24)9-10-19(23)25/h2-4,11-12,14-15H,5-10H2,1H3,(H,21,22). The number of carbonyl (C=O) groups excluding carboxylic acids is 2. The highest BCUT2D eigenvalue weighted by molar-refractivity contribution is 6.02. The van der Waals surface area contributed by atoms with Crippen LogP contribution in [0.25, 0.3) is 10.9 Å². The lowest BCUT2D eigenvalue weighted by molar-refractivity contribution is -0.141. The number of aromatic nitrogens is 1. The molecule has 4 rings (SSSR count). The number of amides is 2. The number of imide groups is 1. The zero-order valence-electron chi connectivity index (χ0n) is 14.5. The average Bonchev–Trinajstić information content (AvgIpc) is 2.95. The van der Waals surface area contributed by atoms with Gasteiger partial charge in [-0.05, 0) is 44.2 Å². The molecule has 130 valence electrons. The molecule has 2 amide bonds. The lowest BCUT2D eigenvalue weighted by atomic mass is 9.90. The van der Waals surface area contributed by atoms with Gasteiger partial charge in [-0.15, -0.1) is 0 Å². The number of rotatable bonds is 3. The molecule has 5 heteroatoms. The first kappa shape index (κ1) is 16.1. The van der Waals surface area contributed by atoms with Gasteiger partial charge in [-0.3, -0.25) is 19.5 Å². The van der Waals surface area contributed by atoms with Gasteiger partial charge in [0.2, 0.25) is 11.8 Å². The van der Waals surface area contributed by atoms with Crippen molar-refractivity contribution < 1.29 is 9.59 Å². The number of nitrogens with one attached hydrogen (secondary N) is 1. The van der Waals surface area contributed by atoms with Crippen LogP contribution in [0.5, 0.6) is 0 Å². The summed E-state index contributed by atoms with van der Waals surface area (Å²) in [5.74, 6) is 0.0222. The summed E-state index contributed by atoms with van der Waals surface area (Å²) in [6.45, 7) is 2.08. The van der Waals surface area contributed by atoms with Gasteiger partial charge in [0.05, 0.1) is 5.52 Å². The van der Waals surface area contributed by atoms with E-state index in [1.165, 1.54) is 10.5 Å². The highest BCUT2D eigenvalue weighted by Gasteiger charge is 2.36. The minimum Gasteiger partial charge on any atom is -0.382 e. The van der Waals surface area contributed by atoms with Gasteiger partial charge >= 0.3 is 0 Å². The maximum absolute atomic E-state index is 11.9. The molecule has 2 aromatic rings. The molecule has 1 aliphatic heterocycles. The summed E-state index contributed by atoms with van der Waals surface area (Å²) in [6, 6.07) is 8.74. The summed E-state index contributed by atoms with van der Waals surface area (Å²) in [4.78, 5) is 29.9. The predicted molar refractivity (Wildman–Crippen MR) is 97.2 cm³/mol. The summed E-state index contributed by atoms with van der Waals surface area (Å²) in [5, 5.41) is 4.80. The number of likely N-dealkylation sites (tertiary alicyclic amines) is 1. The monoisotopic (exact) mass is 337 g/mol. The number of hydrogen-bond acceptors (Lipinski definition) is 4.